The molecule has 0 atom stereocenters. The molecule has 0 aliphatic carbocycles. The average Bonchev–Trinajstić information content (AvgIpc) is 2.63. The van der Waals surface area contributed by atoms with E-state index in [0.29, 0.717) is 5.82 Å². The van der Waals surface area contributed by atoms with Crippen LogP contribution in [0.15, 0.2) is 17.8 Å². The van der Waals surface area contributed by atoms with Crippen LogP contribution in [0.4, 0.5) is 5.82 Å². The summed E-state index contributed by atoms with van der Waals surface area (Å²) in [5.74, 6) is -0.509. The van der Waals surface area contributed by atoms with E-state index in [1.165, 1.54) is 22.6 Å². The quantitative estimate of drug-likeness (QED) is 0.724. The highest BCUT2D eigenvalue weighted by Gasteiger charge is 2.08. The first kappa shape index (κ1) is 9.85. The lowest BCUT2D eigenvalue weighted by Crippen LogP contribution is -2.36. The summed E-state index contributed by atoms with van der Waals surface area (Å²) >= 11 is 1.50. The van der Waals surface area contributed by atoms with Crippen LogP contribution < -0.4 is 10.0 Å². The van der Waals surface area contributed by atoms with Gasteiger partial charge in [-0.2, -0.15) is 0 Å². The van der Waals surface area contributed by atoms with Gasteiger partial charge in [0.15, 0.2) is 0 Å². The highest BCUT2D eigenvalue weighted by molar-refractivity contribution is 7.16. The Bertz CT molecular complexity index is 497. The van der Waals surface area contributed by atoms with Crippen molar-refractivity contribution in [2.45, 2.75) is 0 Å². The van der Waals surface area contributed by atoms with Crippen molar-refractivity contribution < 1.29 is 9.90 Å². The minimum absolute atomic E-state index is 0.179. The molecule has 15 heavy (non-hydrogen) atoms. The maximum absolute atomic E-state index is 10.5. The molecule has 0 aromatic carbocycles. The first-order valence-electron chi connectivity index (χ1n) is 4.27. The van der Waals surface area contributed by atoms with E-state index < -0.39 is 5.97 Å². The van der Waals surface area contributed by atoms with E-state index in [1.807, 2.05) is 11.4 Å². The largest absolute Gasteiger partial charge is 0.548 e. The summed E-state index contributed by atoms with van der Waals surface area (Å²) in [6.45, 7) is -0.179. The van der Waals surface area contributed by atoms with E-state index in [4.69, 9.17) is 0 Å². The fourth-order valence-electron chi connectivity index (χ4n) is 1.35. The fourth-order valence-corrected chi connectivity index (χ4v) is 2.08. The predicted octanol–water partition coefficient (Wildman–Crippen LogP) is -0.123. The molecular weight excluding hydrogens is 214 g/mol. The van der Waals surface area contributed by atoms with Gasteiger partial charge in [0.1, 0.15) is 17.0 Å². The highest BCUT2D eigenvalue weighted by atomic mass is 32.1. The number of fused-ring (bicyclic) bond motifs is 1. The number of carbonyl (C=O) groups excluding carboxylic acids is 1. The van der Waals surface area contributed by atoms with Crippen LogP contribution in [0.2, 0.25) is 0 Å². The first-order chi connectivity index (χ1) is 7.18. The number of hydrogen-bond donors (Lipinski definition) is 0. The van der Waals surface area contributed by atoms with E-state index in [2.05, 4.69) is 9.97 Å². The number of nitrogens with zero attached hydrogens (tertiary/aromatic N) is 3. The molecule has 0 N–H and O–H groups in total. The molecule has 0 saturated heterocycles. The topological polar surface area (TPSA) is 69.2 Å². The normalized spacial score (nSPS) is 10.5. The van der Waals surface area contributed by atoms with Gasteiger partial charge in [-0.05, 0) is 11.4 Å². The van der Waals surface area contributed by atoms with Gasteiger partial charge in [-0.3, -0.25) is 0 Å². The van der Waals surface area contributed by atoms with Crippen LogP contribution in [0.5, 0.6) is 0 Å². The van der Waals surface area contributed by atoms with Crippen molar-refractivity contribution in [3.8, 4) is 0 Å². The molecule has 0 aliphatic heterocycles. The Morgan fingerprint density at radius 1 is 1.60 bits per heavy atom. The summed E-state index contributed by atoms with van der Waals surface area (Å²) < 4.78 is 0. The molecular formula is C9H8N3O2S-. The maximum atomic E-state index is 10.5. The monoisotopic (exact) mass is 222 g/mol. The first-order valence-corrected chi connectivity index (χ1v) is 5.15. The van der Waals surface area contributed by atoms with Gasteiger partial charge in [-0.25, -0.2) is 9.97 Å². The molecule has 2 rings (SSSR count). The molecule has 2 aromatic heterocycles. The van der Waals surface area contributed by atoms with Crippen molar-refractivity contribution in [2.24, 2.45) is 0 Å². The van der Waals surface area contributed by atoms with Crippen molar-refractivity contribution in [3.05, 3.63) is 17.8 Å². The van der Waals surface area contributed by atoms with Gasteiger partial charge >= 0.3 is 0 Å². The van der Waals surface area contributed by atoms with Gasteiger partial charge in [0, 0.05) is 7.05 Å². The van der Waals surface area contributed by atoms with E-state index in [-0.39, 0.29) is 6.54 Å². The summed E-state index contributed by atoms with van der Waals surface area (Å²) in [5, 5.41) is 13.2. The maximum Gasteiger partial charge on any atom is 0.140 e. The Labute approximate surface area is 90.0 Å². The van der Waals surface area contributed by atoms with Gasteiger partial charge in [0.25, 0.3) is 0 Å². The minimum atomic E-state index is -1.13. The molecule has 0 amide bonds. The smallest absolute Gasteiger partial charge is 0.140 e. The van der Waals surface area contributed by atoms with Crippen molar-refractivity contribution in [3.63, 3.8) is 0 Å². The molecule has 2 aromatic rings. The van der Waals surface area contributed by atoms with Gasteiger partial charge in [-0.15, -0.1) is 11.3 Å². The van der Waals surface area contributed by atoms with E-state index >= 15 is 0 Å². The summed E-state index contributed by atoms with van der Waals surface area (Å²) in [7, 11) is 1.66. The molecule has 2 heterocycles. The predicted molar refractivity (Wildman–Crippen MR) is 55.7 cm³/mol. The average molecular weight is 222 g/mol. The number of thiophene rings is 1. The molecule has 0 fully saturated rings. The van der Waals surface area contributed by atoms with Crippen molar-refractivity contribution in [2.75, 3.05) is 18.5 Å². The summed E-state index contributed by atoms with van der Waals surface area (Å²) in [5.41, 5.74) is 0. The molecule has 6 heteroatoms. The summed E-state index contributed by atoms with van der Waals surface area (Å²) in [6.07, 6.45) is 1.43. The number of aromatic nitrogens is 2. The molecule has 0 radical (unpaired) electrons. The zero-order valence-electron chi connectivity index (χ0n) is 8.01. The number of likely N-dealkylation sites (N-methyl/N-ethyl adjacent to an activating group) is 1. The van der Waals surface area contributed by atoms with E-state index in [9.17, 15) is 9.90 Å². The zero-order valence-corrected chi connectivity index (χ0v) is 8.82. The number of hydrogen-bond acceptors (Lipinski definition) is 6. The molecule has 0 saturated carbocycles. The zero-order chi connectivity index (χ0) is 10.8. The standard InChI is InChI=1S/C9H9N3O2S/c1-12(4-7(13)14)8-6-2-3-15-9(6)11-5-10-8/h2-3,5H,4H2,1H3,(H,13,14)/p-1. The van der Waals surface area contributed by atoms with Crippen LogP contribution in [0.1, 0.15) is 0 Å². The number of carboxylic acid groups (broad SMARTS) is 1. The lowest BCUT2D eigenvalue weighted by molar-refractivity contribution is -0.303. The van der Waals surface area contributed by atoms with Crippen LogP contribution in [0.25, 0.3) is 10.2 Å². The van der Waals surface area contributed by atoms with E-state index in [0.717, 1.165) is 10.2 Å². The van der Waals surface area contributed by atoms with Crippen molar-refractivity contribution in [1.82, 2.24) is 9.97 Å². The molecule has 0 unspecified atom stereocenters. The van der Waals surface area contributed by atoms with Gasteiger partial charge < -0.3 is 14.8 Å². The van der Waals surface area contributed by atoms with Crippen molar-refractivity contribution >= 4 is 33.3 Å². The van der Waals surface area contributed by atoms with Crippen molar-refractivity contribution in [1.29, 1.82) is 0 Å². The van der Waals surface area contributed by atoms with Gasteiger partial charge in [0.2, 0.25) is 0 Å². The van der Waals surface area contributed by atoms with Gasteiger partial charge in [-0.1, -0.05) is 0 Å². The second-order valence-corrected chi connectivity index (χ2v) is 3.96. The summed E-state index contributed by atoms with van der Waals surface area (Å²) in [6, 6.07) is 1.88. The number of rotatable bonds is 3. The summed E-state index contributed by atoms with van der Waals surface area (Å²) in [4.78, 5) is 21.0. The van der Waals surface area contributed by atoms with Crippen LogP contribution in [0, 0.1) is 0 Å². The van der Waals surface area contributed by atoms with Crippen LogP contribution in [0.3, 0.4) is 0 Å². The number of carboxylic acids is 1. The Kier molecular flexibility index (Phi) is 2.51. The SMILES string of the molecule is CN(CC(=O)[O-])c1ncnc2sccc12. The third-order valence-electron chi connectivity index (χ3n) is 1.97. The Hall–Kier alpha value is -1.69. The molecule has 5 nitrogen and oxygen atoms in total. The Balaban J connectivity index is 2.42. The third-order valence-corrected chi connectivity index (χ3v) is 2.79. The number of anilines is 1. The molecule has 0 aliphatic rings. The Morgan fingerprint density at radius 3 is 3.13 bits per heavy atom. The number of aliphatic carboxylic acids is 1. The lowest BCUT2D eigenvalue weighted by atomic mass is 10.3. The highest BCUT2D eigenvalue weighted by Crippen LogP contribution is 2.25. The third kappa shape index (κ3) is 1.89. The van der Waals surface area contributed by atoms with Crippen LogP contribution in [-0.2, 0) is 4.79 Å². The van der Waals surface area contributed by atoms with Crippen LogP contribution in [-0.4, -0.2) is 29.5 Å². The second kappa shape index (κ2) is 3.82. The van der Waals surface area contributed by atoms with E-state index in [1.54, 1.807) is 7.05 Å². The molecule has 0 spiro atoms. The lowest BCUT2D eigenvalue weighted by Gasteiger charge is -2.18. The van der Waals surface area contributed by atoms with Gasteiger partial charge in [0.05, 0.1) is 17.9 Å². The van der Waals surface area contributed by atoms with Crippen LogP contribution >= 0.6 is 11.3 Å². The number of carbonyl (C=O) groups is 1. The minimum Gasteiger partial charge on any atom is -0.548 e. The Morgan fingerprint density at radius 2 is 2.40 bits per heavy atom. The molecule has 0 bridgehead atoms. The second-order valence-electron chi connectivity index (χ2n) is 3.06. The fraction of sp³-hybridized carbons (Fsp3) is 0.222. The molecule has 78 valence electrons.